The molecule has 0 atom stereocenters. The molecule has 0 saturated heterocycles. The zero-order chi connectivity index (χ0) is 15.1. The van der Waals surface area contributed by atoms with E-state index in [0.29, 0.717) is 17.0 Å². The average molecular weight is 373 g/mol. The number of nitrogens with zero attached hydrogens (tertiary/aromatic N) is 2. The molecule has 2 aromatic heterocycles. The molecule has 2 heterocycles. The van der Waals surface area contributed by atoms with Gasteiger partial charge in [0, 0.05) is 10.0 Å². The lowest BCUT2D eigenvalue weighted by Crippen LogP contribution is -2.03. The Kier molecular flexibility index (Phi) is 3.28. The van der Waals surface area contributed by atoms with Gasteiger partial charge in [0.1, 0.15) is 11.0 Å². The van der Waals surface area contributed by atoms with Crippen LogP contribution in [0.5, 0.6) is 0 Å². The number of ketones is 1. The second kappa shape index (κ2) is 5.30. The van der Waals surface area contributed by atoms with Gasteiger partial charge in [0.25, 0.3) is 0 Å². The molecule has 6 heteroatoms. The fourth-order valence-electron chi connectivity index (χ4n) is 2.34. The number of oxazole rings is 1. The number of Topliss-reactive ketones (excluding diaryl/α,β-unsaturated/α-hetero) is 1. The number of halogens is 1. The van der Waals surface area contributed by atoms with E-state index in [1.807, 2.05) is 24.3 Å². The van der Waals surface area contributed by atoms with Gasteiger partial charge >= 0.3 is 0 Å². The standard InChI is InChI=1S/C16H9BrN2O2S/c17-10-3-1-2-9(6-10)12(20)7-14-19-11-4-5-13-15(16(11)21-14)18-8-22-13/h1-6,8H,7H2. The molecule has 0 fully saturated rings. The Morgan fingerprint density at radius 2 is 2.18 bits per heavy atom. The summed E-state index contributed by atoms with van der Waals surface area (Å²) in [4.78, 5) is 21.0. The lowest BCUT2D eigenvalue weighted by molar-refractivity contribution is 0.0986. The number of fused-ring (bicyclic) bond motifs is 3. The molecule has 4 aromatic rings. The third kappa shape index (κ3) is 2.34. The molecule has 0 unspecified atom stereocenters. The Balaban J connectivity index is 1.71. The second-order valence-electron chi connectivity index (χ2n) is 4.83. The van der Waals surface area contributed by atoms with E-state index in [1.165, 1.54) is 0 Å². The normalized spacial score (nSPS) is 11.3. The van der Waals surface area contributed by atoms with Gasteiger partial charge in [-0.15, -0.1) is 11.3 Å². The molecule has 2 aromatic carbocycles. The van der Waals surface area contributed by atoms with Crippen LogP contribution in [-0.2, 0) is 6.42 Å². The van der Waals surface area contributed by atoms with E-state index in [9.17, 15) is 4.79 Å². The van der Waals surface area contributed by atoms with Crippen molar-refractivity contribution in [2.75, 3.05) is 0 Å². The highest BCUT2D eigenvalue weighted by molar-refractivity contribution is 9.10. The number of rotatable bonds is 3. The summed E-state index contributed by atoms with van der Waals surface area (Å²) in [6, 6.07) is 11.2. The van der Waals surface area contributed by atoms with Crippen LogP contribution in [0.1, 0.15) is 16.2 Å². The monoisotopic (exact) mass is 372 g/mol. The van der Waals surface area contributed by atoms with Gasteiger partial charge in [0.15, 0.2) is 11.4 Å². The Morgan fingerprint density at radius 1 is 1.27 bits per heavy atom. The molecule has 0 amide bonds. The molecule has 22 heavy (non-hydrogen) atoms. The summed E-state index contributed by atoms with van der Waals surface area (Å²) in [5, 5.41) is 0. The molecular formula is C16H9BrN2O2S. The van der Waals surface area contributed by atoms with E-state index < -0.39 is 0 Å². The van der Waals surface area contributed by atoms with E-state index in [-0.39, 0.29) is 12.2 Å². The maximum absolute atomic E-state index is 12.3. The summed E-state index contributed by atoms with van der Waals surface area (Å²) in [6.07, 6.45) is 0.136. The lowest BCUT2D eigenvalue weighted by Gasteiger charge is -1.98. The Bertz CT molecular complexity index is 1010. The van der Waals surface area contributed by atoms with Gasteiger partial charge in [-0.2, -0.15) is 0 Å². The molecule has 0 aliphatic heterocycles. The summed E-state index contributed by atoms with van der Waals surface area (Å²) in [5.41, 5.74) is 4.59. The summed E-state index contributed by atoms with van der Waals surface area (Å²) < 4.78 is 7.69. The maximum Gasteiger partial charge on any atom is 0.203 e. The molecule has 0 bridgehead atoms. The van der Waals surface area contributed by atoms with Crippen molar-refractivity contribution < 1.29 is 9.21 Å². The molecule has 0 spiro atoms. The molecular weight excluding hydrogens is 364 g/mol. The molecule has 0 saturated carbocycles. The third-order valence-corrected chi connectivity index (χ3v) is 4.65. The molecule has 0 aliphatic rings. The van der Waals surface area contributed by atoms with Crippen LogP contribution < -0.4 is 0 Å². The van der Waals surface area contributed by atoms with E-state index in [0.717, 1.165) is 20.2 Å². The Labute approximate surface area is 137 Å². The quantitative estimate of drug-likeness (QED) is 0.492. The van der Waals surface area contributed by atoms with E-state index in [1.54, 1.807) is 29.0 Å². The number of hydrogen-bond acceptors (Lipinski definition) is 5. The van der Waals surface area contributed by atoms with Crippen molar-refractivity contribution >= 4 is 54.4 Å². The summed E-state index contributed by atoms with van der Waals surface area (Å²) in [5.74, 6) is 0.392. The average Bonchev–Trinajstić information content (AvgIpc) is 3.11. The minimum atomic E-state index is -0.0256. The molecule has 4 nitrogen and oxygen atoms in total. The van der Waals surface area contributed by atoms with Gasteiger partial charge in [-0.25, -0.2) is 9.97 Å². The summed E-state index contributed by atoms with van der Waals surface area (Å²) in [7, 11) is 0. The fourth-order valence-corrected chi connectivity index (χ4v) is 3.41. The third-order valence-electron chi connectivity index (χ3n) is 3.36. The van der Waals surface area contributed by atoms with Crippen LogP contribution in [0.4, 0.5) is 0 Å². The van der Waals surface area contributed by atoms with Gasteiger partial charge in [-0.05, 0) is 24.3 Å². The Hall–Kier alpha value is -2.05. The molecule has 0 aliphatic carbocycles. The number of aromatic nitrogens is 2. The van der Waals surface area contributed by atoms with Gasteiger partial charge in [-0.3, -0.25) is 4.79 Å². The first-order valence-corrected chi connectivity index (χ1v) is 8.28. The van der Waals surface area contributed by atoms with E-state index >= 15 is 0 Å². The largest absolute Gasteiger partial charge is 0.438 e. The van der Waals surface area contributed by atoms with Gasteiger partial charge in [-0.1, -0.05) is 28.1 Å². The molecule has 0 radical (unpaired) electrons. The van der Waals surface area contributed by atoms with Gasteiger partial charge in [0.05, 0.1) is 16.6 Å². The van der Waals surface area contributed by atoms with Crippen molar-refractivity contribution in [3.8, 4) is 0 Å². The van der Waals surface area contributed by atoms with Crippen LogP contribution in [0.25, 0.3) is 21.3 Å². The number of benzene rings is 2. The lowest BCUT2D eigenvalue weighted by atomic mass is 10.1. The van der Waals surface area contributed by atoms with Crippen LogP contribution in [0.2, 0.25) is 0 Å². The van der Waals surface area contributed by atoms with Gasteiger partial charge in [0.2, 0.25) is 5.89 Å². The highest BCUT2D eigenvalue weighted by Crippen LogP contribution is 2.27. The topological polar surface area (TPSA) is 56.0 Å². The highest BCUT2D eigenvalue weighted by atomic mass is 79.9. The number of thiazole rings is 1. The first-order valence-electron chi connectivity index (χ1n) is 6.61. The van der Waals surface area contributed by atoms with Gasteiger partial charge < -0.3 is 4.42 Å². The van der Waals surface area contributed by atoms with E-state index in [2.05, 4.69) is 25.9 Å². The molecule has 108 valence electrons. The van der Waals surface area contributed by atoms with Crippen molar-refractivity contribution in [1.29, 1.82) is 0 Å². The fraction of sp³-hybridized carbons (Fsp3) is 0.0625. The van der Waals surface area contributed by atoms with Crippen LogP contribution in [-0.4, -0.2) is 15.8 Å². The predicted molar refractivity (Wildman–Crippen MR) is 89.4 cm³/mol. The number of carbonyl (C=O) groups is 1. The second-order valence-corrected chi connectivity index (χ2v) is 6.63. The summed E-state index contributed by atoms with van der Waals surface area (Å²) in [6.45, 7) is 0. The zero-order valence-electron chi connectivity index (χ0n) is 11.2. The zero-order valence-corrected chi connectivity index (χ0v) is 13.6. The predicted octanol–water partition coefficient (Wildman–Crippen LogP) is 4.63. The van der Waals surface area contributed by atoms with Crippen LogP contribution >= 0.6 is 27.3 Å². The van der Waals surface area contributed by atoms with Crippen molar-refractivity contribution in [1.82, 2.24) is 9.97 Å². The minimum absolute atomic E-state index is 0.0256. The number of hydrogen-bond donors (Lipinski definition) is 0. The molecule has 4 rings (SSSR count). The highest BCUT2D eigenvalue weighted by Gasteiger charge is 2.15. The maximum atomic E-state index is 12.3. The summed E-state index contributed by atoms with van der Waals surface area (Å²) >= 11 is 4.92. The first kappa shape index (κ1) is 13.6. The number of carbonyl (C=O) groups excluding carboxylic acids is 1. The van der Waals surface area contributed by atoms with Crippen molar-refractivity contribution in [2.45, 2.75) is 6.42 Å². The first-order chi connectivity index (χ1) is 10.7. The van der Waals surface area contributed by atoms with Crippen molar-refractivity contribution in [2.24, 2.45) is 0 Å². The Morgan fingerprint density at radius 3 is 3.05 bits per heavy atom. The van der Waals surface area contributed by atoms with Crippen LogP contribution in [0.3, 0.4) is 0 Å². The van der Waals surface area contributed by atoms with E-state index in [4.69, 9.17) is 4.42 Å². The smallest absolute Gasteiger partial charge is 0.203 e. The van der Waals surface area contributed by atoms with Crippen LogP contribution in [0.15, 0.2) is 50.8 Å². The SMILES string of the molecule is O=C(Cc1nc2ccc3scnc3c2o1)c1cccc(Br)c1. The van der Waals surface area contributed by atoms with Crippen molar-refractivity contribution in [3.63, 3.8) is 0 Å². The minimum Gasteiger partial charge on any atom is -0.438 e. The van der Waals surface area contributed by atoms with Crippen molar-refractivity contribution in [3.05, 3.63) is 57.8 Å². The van der Waals surface area contributed by atoms with Crippen LogP contribution in [0, 0.1) is 0 Å². The molecule has 0 N–H and O–H groups in total.